The number of nitrogens with zero attached hydrogens (tertiary/aromatic N) is 3. The molecule has 0 aromatic heterocycles. The highest BCUT2D eigenvalue weighted by Gasteiger charge is 2.32. The molecule has 2 aromatic carbocycles. The number of carbonyl (C=O) groups is 1. The first-order valence-electron chi connectivity index (χ1n) is 10.1. The zero-order valence-electron chi connectivity index (χ0n) is 16.4. The van der Waals surface area contributed by atoms with Crippen molar-refractivity contribution >= 4 is 5.91 Å². The van der Waals surface area contributed by atoms with Crippen LogP contribution in [0.25, 0.3) is 0 Å². The standard InChI is InChI=1S/C23H25N3O3/c24-15-18-5-4-13-26(18)23(27)17-25-14-12-22(16-25)29-21-10-8-20(9-11-21)28-19-6-2-1-3-7-19/h1-3,6-11,18,22H,4-5,12-14,16-17H2/t18?,22-/m0/s1. The van der Waals surface area contributed by atoms with E-state index in [-0.39, 0.29) is 18.1 Å². The molecule has 0 radical (unpaired) electrons. The number of hydrogen-bond donors (Lipinski definition) is 0. The summed E-state index contributed by atoms with van der Waals surface area (Å²) in [6.07, 6.45) is 2.66. The van der Waals surface area contributed by atoms with Crippen molar-refractivity contribution in [1.82, 2.24) is 9.80 Å². The van der Waals surface area contributed by atoms with Crippen LogP contribution in [0.2, 0.25) is 0 Å². The lowest BCUT2D eigenvalue weighted by molar-refractivity contribution is -0.132. The minimum atomic E-state index is -0.256. The highest BCUT2D eigenvalue weighted by molar-refractivity contribution is 5.79. The smallest absolute Gasteiger partial charge is 0.237 e. The summed E-state index contributed by atoms with van der Waals surface area (Å²) in [5, 5.41) is 9.17. The molecular formula is C23H25N3O3. The first-order chi connectivity index (χ1) is 14.2. The van der Waals surface area contributed by atoms with E-state index in [1.807, 2.05) is 54.6 Å². The maximum atomic E-state index is 12.5. The largest absolute Gasteiger partial charge is 0.489 e. The van der Waals surface area contributed by atoms with Gasteiger partial charge in [0.25, 0.3) is 0 Å². The summed E-state index contributed by atoms with van der Waals surface area (Å²) >= 11 is 0. The minimum Gasteiger partial charge on any atom is -0.489 e. The van der Waals surface area contributed by atoms with Gasteiger partial charge in [-0.2, -0.15) is 5.26 Å². The fraction of sp³-hybridized carbons (Fsp3) is 0.391. The topological polar surface area (TPSA) is 65.8 Å². The summed E-state index contributed by atoms with van der Waals surface area (Å²) in [6.45, 7) is 2.61. The molecule has 6 heteroatoms. The van der Waals surface area contributed by atoms with Crippen molar-refractivity contribution in [3.63, 3.8) is 0 Å². The van der Waals surface area contributed by atoms with Crippen LogP contribution in [0.5, 0.6) is 17.2 Å². The normalized spacial score (nSPS) is 21.7. The Labute approximate surface area is 171 Å². The molecule has 6 nitrogen and oxygen atoms in total. The van der Waals surface area contributed by atoms with Gasteiger partial charge in [-0.15, -0.1) is 0 Å². The number of likely N-dealkylation sites (tertiary alicyclic amines) is 2. The Morgan fingerprint density at radius 3 is 2.48 bits per heavy atom. The van der Waals surface area contributed by atoms with Gasteiger partial charge in [0.1, 0.15) is 29.4 Å². The van der Waals surface area contributed by atoms with Crippen LogP contribution < -0.4 is 9.47 Å². The highest BCUT2D eigenvalue weighted by Crippen LogP contribution is 2.25. The maximum Gasteiger partial charge on any atom is 0.237 e. The summed E-state index contributed by atoms with van der Waals surface area (Å²) in [4.78, 5) is 16.3. The number of rotatable bonds is 6. The number of benzene rings is 2. The van der Waals surface area contributed by atoms with Crippen LogP contribution in [0.1, 0.15) is 19.3 Å². The third kappa shape index (κ3) is 4.87. The monoisotopic (exact) mass is 391 g/mol. The Balaban J connectivity index is 1.26. The van der Waals surface area contributed by atoms with Crippen molar-refractivity contribution in [3.05, 3.63) is 54.6 Å². The molecule has 2 heterocycles. The predicted octanol–water partition coefficient (Wildman–Crippen LogP) is 3.45. The van der Waals surface area contributed by atoms with E-state index in [0.717, 1.165) is 49.6 Å². The van der Waals surface area contributed by atoms with Gasteiger partial charge in [-0.1, -0.05) is 18.2 Å². The van der Waals surface area contributed by atoms with Gasteiger partial charge in [-0.05, 0) is 55.7 Å². The molecule has 1 unspecified atom stereocenters. The summed E-state index contributed by atoms with van der Waals surface area (Å²) in [5.74, 6) is 2.42. The summed E-state index contributed by atoms with van der Waals surface area (Å²) < 4.78 is 11.9. The fourth-order valence-corrected chi connectivity index (χ4v) is 3.92. The van der Waals surface area contributed by atoms with Crippen LogP contribution in [-0.4, -0.2) is 54.0 Å². The molecule has 4 rings (SSSR count). The van der Waals surface area contributed by atoms with E-state index in [0.29, 0.717) is 13.1 Å². The fourth-order valence-electron chi connectivity index (χ4n) is 3.92. The van der Waals surface area contributed by atoms with E-state index >= 15 is 0 Å². The lowest BCUT2D eigenvalue weighted by Gasteiger charge is -2.23. The maximum absolute atomic E-state index is 12.5. The van der Waals surface area contributed by atoms with Crippen LogP contribution in [0.15, 0.2) is 54.6 Å². The lowest BCUT2D eigenvalue weighted by atomic mass is 10.2. The van der Waals surface area contributed by atoms with E-state index < -0.39 is 0 Å². The molecule has 2 fully saturated rings. The second kappa shape index (κ2) is 8.97. The molecule has 29 heavy (non-hydrogen) atoms. The summed E-state index contributed by atoms with van der Waals surface area (Å²) in [7, 11) is 0. The summed E-state index contributed by atoms with van der Waals surface area (Å²) in [6, 6.07) is 19.3. The van der Waals surface area contributed by atoms with Crippen LogP contribution in [-0.2, 0) is 4.79 Å². The molecule has 0 bridgehead atoms. The average Bonchev–Trinajstić information content (AvgIpc) is 3.39. The minimum absolute atomic E-state index is 0.0529. The molecule has 0 spiro atoms. The third-order valence-corrected chi connectivity index (χ3v) is 5.42. The molecule has 0 saturated carbocycles. The van der Waals surface area contributed by atoms with Crippen LogP contribution in [0, 0.1) is 11.3 Å². The number of amides is 1. The number of carbonyl (C=O) groups excluding carboxylic acids is 1. The number of hydrogen-bond acceptors (Lipinski definition) is 5. The van der Waals surface area contributed by atoms with E-state index in [9.17, 15) is 4.79 Å². The van der Waals surface area contributed by atoms with Crippen LogP contribution >= 0.6 is 0 Å². The zero-order chi connectivity index (χ0) is 20.1. The number of para-hydroxylation sites is 1. The van der Waals surface area contributed by atoms with E-state index in [4.69, 9.17) is 14.7 Å². The van der Waals surface area contributed by atoms with E-state index in [1.165, 1.54) is 0 Å². The van der Waals surface area contributed by atoms with Crippen molar-refractivity contribution in [1.29, 1.82) is 5.26 Å². The third-order valence-electron chi connectivity index (χ3n) is 5.42. The van der Waals surface area contributed by atoms with E-state index in [2.05, 4.69) is 11.0 Å². The zero-order valence-corrected chi connectivity index (χ0v) is 16.4. The van der Waals surface area contributed by atoms with Gasteiger partial charge in [0.2, 0.25) is 5.91 Å². The Kier molecular flexibility index (Phi) is 5.97. The van der Waals surface area contributed by atoms with Crippen molar-refractivity contribution < 1.29 is 14.3 Å². The molecule has 2 aromatic rings. The lowest BCUT2D eigenvalue weighted by Crippen LogP contribution is -2.42. The Morgan fingerprint density at radius 1 is 1.00 bits per heavy atom. The quantitative estimate of drug-likeness (QED) is 0.755. The molecule has 2 saturated heterocycles. The number of nitriles is 1. The Morgan fingerprint density at radius 2 is 1.72 bits per heavy atom. The molecule has 2 aliphatic heterocycles. The summed E-state index contributed by atoms with van der Waals surface area (Å²) in [5.41, 5.74) is 0. The first-order valence-corrected chi connectivity index (χ1v) is 10.1. The molecule has 2 aliphatic rings. The Bertz CT molecular complexity index is 863. The predicted molar refractivity (Wildman–Crippen MR) is 109 cm³/mol. The second-order valence-corrected chi connectivity index (χ2v) is 7.52. The molecule has 0 N–H and O–H groups in total. The molecule has 2 atom stereocenters. The van der Waals surface area contributed by atoms with Gasteiger partial charge >= 0.3 is 0 Å². The van der Waals surface area contributed by atoms with Gasteiger partial charge in [0, 0.05) is 19.6 Å². The van der Waals surface area contributed by atoms with Gasteiger partial charge in [-0.25, -0.2) is 0 Å². The molecular weight excluding hydrogens is 366 g/mol. The molecule has 0 aliphatic carbocycles. The van der Waals surface area contributed by atoms with Gasteiger partial charge in [-0.3, -0.25) is 9.69 Å². The van der Waals surface area contributed by atoms with Gasteiger partial charge in [0.05, 0.1) is 12.6 Å². The van der Waals surface area contributed by atoms with Gasteiger partial charge < -0.3 is 14.4 Å². The first kappa shape index (κ1) is 19.3. The molecule has 150 valence electrons. The highest BCUT2D eigenvalue weighted by atomic mass is 16.5. The van der Waals surface area contributed by atoms with Crippen LogP contribution in [0.4, 0.5) is 0 Å². The molecule has 1 amide bonds. The second-order valence-electron chi connectivity index (χ2n) is 7.52. The van der Waals surface area contributed by atoms with Crippen LogP contribution in [0.3, 0.4) is 0 Å². The van der Waals surface area contributed by atoms with Crippen molar-refractivity contribution in [2.75, 3.05) is 26.2 Å². The van der Waals surface area contributed by atoms with Crippen molar-refractivity contribution in [3.8, 4) is 23.3 Å². The van der Waals surface area contributed by atoms with Crippen molar-refractivity contribution in [2.24, 2.45) is 0 Å². The SMILES string of the molecule is N#CC1CCCN1C(=O)CN1CC[C@H](Oc2ccc(Oc3ccccc3)cc2)C1. The van der Waals surface area contributed by atoms with E-state index in [1.54, 1.807) is 4.90 Å². The van der Waals surface area contributed by atoms with Gasteiger partial charge in [0.15, 0.2) is 0 Å². The average molecular weight is 391 g/mol. The Hall–Kier alpha value is -3.04. The number of ether oxygens (including phenoxy) is 2. The van der Waals surface area contributed by atoms with Crippen molar-refractivity contribution in [2.45, 2.75) is 31.4 Å².